The van der Waals surface area contributed by atoms with Crippen LogP contribution in [0.25, 0.3) is 0 Å². The van der Waals surface area contributed by atoms with Gasteiger partial charge in [0.05, 0.1) is 7.11 Å². The molecule has 2 N–H and O–H groups in total. The third-order valence-corrected chi connectivity index (χ3v) is 5.04. The van der Waals surface area contributed by atoms with Gasteiger partial charge in [-0.2, -0.15) is 0 Å². The molecule has 1 unspecified atom stereocenters. The number of rotatable bonds is 7. The van der Waals surface area contributed by atoms with Crippen LogP contribution in [0, 0.1) is 0 Å². The Labute approximate surface area is 174 Å². The molecule has 7 heteroatoms. The number of ether oxygens (including phenoxy) is 3. The molecular formula is C23H22N2O5. The molecule has 1 aliphatic heterocycles. The molecule has 0 saturated heterocycles. The number of phenols is 1. The average Bonchev–Trinajstić information content (AvgIpc) is 3.23. The van der Waals surface area contributed by atoms with Gasteiger partial charge in [0.2, 0.25) is 12.7 Å². The number of fused-ring (bicyclic) bond motifs is 1. The summed E-state index contributed by atoms with van der Waals surface area (Å²) in [5.41, 5.74) is 2.44. The molecule has 0 fully saturated rings. The Kier molecular flexibility index (Phi) is 5.70. The summed E-state index contributed by atoms with van der Waals surface area (Å²) in [5.74, 6) is 1.31. The highest BCUT2D eigenvalue weighted by Gasteiger charge is 2.25. The normalized spacial score (nSPS) is 13.0. The molecule has 0 bridgehead atoms. The van der Waals surface area contributed by atoms with Gasteiger partial charge in [-0.3, -0.25) is 9.78 Å². The van der Waals surface area contributed by atoms with Crippen LogP contribution in [-0.2, 0) is 11.3 Å². The van der Waals surface area contributed by atoms with E-state index in [1.54, 1.807) is 25.6 Å². The van der Waals surface area contributed by atoms with Gasteiger partial charge in [0.15, 0.2) is 11.5 Å². The summed E-state index contributed by atoms with van der Waals surface area (Å²) in [4.78, 5) is 16.7. The van der Waals surface area contributed by atoms with Crippen molar-refractivity contribution in [1.29, 1.82) is 0 Å². The number of carbonyl (C=O) groups excluding carboxylic acids is 1. The molecule has 1 atom stereocenters. The standard InChI is InChI=1S/C23H22N2O5/c1-28-17-4-2-16(3-5-17)18(11-23(27)25-13-15-6-8-24-9-7-15)19-10-21-22(12-20(19)26)30-14-29-21/h2-10,12,18,26H,11,13-14H2,1H3,(H,25,27). The van der Waals surface area contributed by atoms with Crippen LogP contribution in [0.15, 0.2) is 60.9 Å². The number of carbonyl (C=O) groups is 1. The van der Waals surface area contributed by atoms with E-state index in [1.807, 2.05) is 36.4 Å². The minimum Gasteiger partial charge on any atom is -0.508 e. The maximum atomic E-state index is 12.8. The highest BCUT2D eigenvalue weighted by Crippen LogP contribution is 2.43. The number of amides is 1. The predicted octanol–water partition coefficient (Wildman–Crippen LogP) is 3.36. The number of hydrogen-bond donors (Lipinski definition) is 2. The Morgan fingerprint density at radius 2 is 1.83 bits per heavy atom. The van der Waals surface area contributed by atoms with Crippen molar-refractivity contribution in [2.24, 2.45) is 0 Å². The summed E-state index contributed by atoms with van der Waals surface area (Å²) < 4.78 is 16.0. The lowest BCUT2D eigenvalue weighted by Crippen LogP contribution is -2.25. The Morgan fingerprint density at radius 3 is 2.53 bits per heavy atom. The van der Waals surface area contributed by atoms with Crippen molar-refractivity contribution in [2.45, 2.75) is 18.9 Å². The van der Waals surface area contributed by atoms with E-state index in [0.29, 0.717) is 23.6 Å². The molecule has 4 rings (SSSR count). The molecule has 0 spiro atoms. The Bertz CT molecular complexity index is 1020. The SMILES string of the molecule is COc1ccc(C(CC(=O)NCc2ccncc2)c2cc3c(cc2O)OCO3)cc1. The van der Waals surface area contributed by atoms with Crippen molar-refractivity contribution in [1.82, 2.24) is 10.3 Å². The van der Waals surface area contributed by atoms with E-state index in [1.165, 1.54) is 6.07 Å². The van der Waals surface area contributed by atoms with Gasteiger partial charge in [-0.25, -0.2) is 0 Å². The van der Waals surface area contributed by atoms with Crippen molar-refractivity contribution < 1.29 is 24.1 Å². The largest absolute Gasteiger partial charge is 0.508 e. The third-order valence-electron chi connectivity index (χ3n) is 5.04. The van der Waals surface area contributed by atoms with Gasteiger partial charge in [0.25, 0.3) is 0 Å². The second kappa shape index (κ2) is 8.73. The Morgan fingerprint density at radius 1 is 1.13 bits per heavy atom. The van der Waals surface area contributed by atoms with Crippen molar-refractivity contribution in [3.63, 3.8) is 0 Å². The van der Waals surface area contributed by atoms with Gasteiger partial charge >= 0.3 is 0 Å². The number of pyridine rings is 1. The van der Waals surface area contributed by atoms with Crippen LogP contribution in [0.5, 0.6) is 23.0 Å². The van der Waals surface area contributed by atoms with Gasteiger partial charge in [-0.05, 0) is 41.5 Å². The number of benzene rings is 2. The maximum Gasteiger partial charge on any atom is 0.231 e. The van der Waals surface area contributed by atoms with E-state index in [9.17, 15) is 9.90 Å². The molecule has 0 saturated carbocycles. The van der Waals surface area contributed by atoms with Crippen molar-refractivity contribution >= 4 is 5.91 Å². The van der Waals surface area contributed by atoms with Gasteiger partial charge in [0, 0.05) is 42.9 Å². The van der Waals surface area contributed by atoms with Crippen LogP contribution in [0.4, 0.5) is 0 Å². The number of phenolic OH excluding ortho intramolecular Hbond substituents is 1. The average molecular weight is 406 g/mol. The fourth-order valence-corrected chi connectivity index (χ4v) is 3.43. The van der Waals surface area contributed by atoms with E-state index in [2.05, 4.69) is 10.3 Å². The van der Waals surface area contributed by atoms with Gasteiger partial charge < -0.3 is 24.6 Å². The quantitative estimate of drug-likeness (QED) is 0.625. The molecule has 1 amide bonds. The minimum atomic E-state index is -0.372. The number of aromatic nitrogens is 1. The fraction of sp³-hybridized carbons (Fsp3) is 0.217. The zero-order valence-electron chi connectivity index (χ0n) is 16.5. The molecule has 0 radical (unpaired) electrons. The molecule has 30 heavy (non-hydrogen) atoms. The van der Waals surface area contributed by atoms with Crippen LogP contribution in [0.1, 0.15) is 29.0 Å². The second-order valence-electron chi connectivity index (χ2n) is 6.93. The highest BCUT2D eigenvalue weighted by molar-refractivity contribution is 5.78. The molecule has 7 nitrogen and oxygen atoms in total. The number of aromatic hydroxyl groups is 1. The number of nitrogens with zero attached hydrogens (tertiary/aromatic N) is 1. The van der Waals surface area contributed by atoms with E-state index in [-0.39, 0.29) is 30.8 Å². The molecule has 2 aromatic carbocycles. The highest BCUT2D eigenvalue weighted by atomic mass is 16.7. The van der Waals surface area contributed by atoms with Gasteiger partial charge in [-0.15, -0.1) is 0 Å². The molecular weight excluding hydrogens is 384 g/mol. The first-order valence-corrected chi connectivity index (χ1v) is 9.56. The minimum absolute atomic E-state index is 0.0574. The fourth-order valence-electron chi connectivity index (χ4n) is 3.43. The Balaban J connectivity index is 1.59. The van der Waals surface area contributed by atoms with Crippen molar-refractivity contribution in [3.05, 3.63) is 77.6 Å². The van der Waals surface area contributed by atoms with Crippen molar-refractivity contribution in [3.8, 4) is 23.0 Å². The topological polar surface area (TPSA) is 89.9 Å². The molecule has 1 aromatic heterocycles. The first-order chi connectivity index (χ1) is 14.6. The lowest BCUT2D eigenvalue weighted by molar-refractivity contribution is -0.121. The molecule has 0 aliphatic carbocycles. The van der Waals surface area contributed by atoms with Crippen LogP contribution >= 0.6 is 0 Å². The van der Waals surface area contributed by atoms with E-state index in [0.717, 1.165) is 16.9 Å². The van der Waals surface area contributed by atoms with Crippen LogP contribution in [0.3, 0.4) is 0 Å². The number of nitrogens with one attached hydrogen (secondary N) is 1. The Hall–Kier alpha value is -3.74. The molecule has 154 valence electrons. The maximum absolute atomic E-state index is 12.8. The third kappa shape index (κ3) is 4.30. The zero-order chi connectivity index (χ0) is 20.9. The van der Waals surface area contributed by atoms with Gasteiger partial charge in [0.1, 0.15) is 11.5 Å². The molecule has 1 aliphatic rings. The summed E-state index contributed by atoms with van der Waals surface area (Å²) in [7, 11) is 1.60. The summed E-state index contributed by atoms with van der Waals surface area (Å²) >= 11 is 0. The van der Waals surface area contributed by atoms with Crippen molar-refractivity contribution in [2.75, 3.05) is 13.9 Å². The summed E-state index contributed by atoms with van der Waals surface area (Å²) in [6.45, 7) is 0.516. The molecule has 2 heterocycles. The smallest absolute Gasteiger partial charge is 0.231 e. The van der Waals surface area contributed by atoms with Crippen LogP contribution in [-0.4, -0.2) is 29.9 Å². The lowest BCUT2D eigenvalue weighted by Gasteiger charge is -2.20. The summed E-state index contributed by atoms with van der Waals surface area (Å²) in [6.07, 6.45) is 3.53. The summed E-state index contributed by atoms with van der Waals surface area (Å²) in [5, 5.41) is 13.6. The molecule has 3 aromatic rings. The second-order valence-corrected chi connectivity index (χ2v) is 6.93. The summed E-state index contributed by atoms with van der Waals surface area (Å²) in [6, 6.07) is 14.4. The van der Waals surface area contributed by atoms with E-state index >= 15 is 0 Å². The first kappa shape index (κ1) is 19.6. The van der Waals surface area contributed by atoms with E-state index < -0.39 is 0 Å². The van der Waals surface area contributed by atoms with Crippen LogP contribution < -0.4 is 19.5 Å². The van der Waals surface area contributed by atoms with E-state index in [4.69, 9.17) is 14.2 Å². The predicted molar refractivity (Wildman–Crippen MR) is 110 cm³/mol. The van der Waals surface area contributed by atoms with Gasteiger partial charge in [-0.1, -0.05) is 12.1 Å². The first-order valence-electron chi connectivity index (χ1n) is 9.56. The zero-order valence-corrected chi connectivity index (χ0v) is 16.5. The monoisotopic (exact) mass is 406 g/mol. The number of hydrogen-bond acceptors (Lipinski definition) is 6. The lowest BCUT2D eigenvalue weighted by atomic mass is 9.87. The number of methoxy groups -OCH3 is 1. The van der Waals surface area contributed by atoms with Crippen LogP contribution in [0.2, 0.25) is 0 Å².